The molecule has 2 aliphatic heterocycles. The van der Waals surface area contributed by atoms with Crippen molar-refractivity contribution in [2.75, 3.05) is 43.0 Å². The van der Waals surface area contributed by atoms with Crippen LogP contribution < -0.4 is 10.2 Å². The predicted molar refractivity (Wildman–Crippen MR) is 130 cm³/mol. The molecule has 0 aliphatic carbocycles. The van der Waals surface area contributed by atoms with Gasteiger partial charge in [-0.15, -0.1) is 0 Å². The minimum Gasteiger partial charge on any atom is -0.452 e. The van der Waals surface area contributed by atoms with Crippen molar-refractivity contribution in [1.29, 1.82) is 0 Å². The highest BCUT2D eigenvalue weighted by Crippen LogP contribution is 2.23. The monoisotopic (exact) mass is 485 g/mol. The Hall–Kier alpha value is -2.91. The van der Waals surface area contributed by atoms with Crippen molar-refractivity contribution < 1.29 is 22.7 Å². The fourth-order valence-electron chi connectivity index (χ4n) is 4.34. The first kappa shape index (κ1) is 24.2. The lowest BCUT2D eigenvalue weighted by Gasteiger charge is -2.20. The lowest BCUT2D eigenvalue weighted by atomic mass is 10.2. The molecule has 0 aromatic heterocycles. The number of rotatable bonds is 7. The molecule has 0 unspecified atom stereocenters. The molecule has 2 saturated heterocycles. The zero-order valence-corrected chi connectivity index (χ0v) is 20.1. The molecule has 4 rings (SSSR count). The molecule has 1 amide bonds. The SMILES string of the molecule is O=C(COC(=O)c1ccc(S(=O)(=O)N2CCCCCC2)cc1)Nc1ccc(N2CCCC2)cc1. The smallest absolute Gasteiger partial charge is 0.338 e. The van der Waals surface area contributed by atoms with E-state index in [1.807, 2.05) is 24.3 Å². The number of nitrogens with zero attached hydrogens (tertiary/aromatic N) is 2. The lowest BCUT2D eigenvalue weighted by molar-refractivity contribution is -0.119. The predicted octanol–water partition coefficient (Wildman–Crippen LogP) is 3.65. The highest BCUT2D eigenvalue weighted by molar-refractivity contribution is 7.89. The van der Waals surface area contributed by atoms with E-state index in [1.165, 1.54) is 41.4 Å². The number of carbonyl (C=O) groups excluding carboxylic acids is 2. The van der Waals surface area contributed by atoms with Gasteiger partial charge in [0.15, 0.2) is 6.61 Å². The second kappa shape index (κ2) is 11.0. The first-order chi connectivity index (χ1) is 16.4. The van der Waals surface area contributed by atoms with Crippen molar-refractivity contribution in [3.8, 4) is 0 Å². The summed E-state index contributed by atoms with van der Waals surface area (Å²) in [6.45, 7) is 2.70. The van der Waals surface area contributed by atoms with Gasteiger partial charge in [-0.2, -0.15) is 4.31 Å². The molecule has 2 fully saturated rings. The third-order valence-corrected chi connectivity index (χ3v) is 8.16. The molecule has 0 saturated carbocycles. The Bertz CT molecular complexity index is 1090. The Morgan fingerprint density at radius 1 is 0.794 bits per heavy atom. The maximum Gasteiger partial charge on any atom is 0.338 e. The van der Waals surface area contributed by atoms with Crippen LogP contribution in [0.3, 0.4) is 0 Å². The number of anilines is 2. The van der Waals surface area contributed by atoms with Gasteiger partial charge in [-0.1, -0.05) is 12.8 Å². The van der Waals surface area contributed by atoms with Crippen molar-refractivity contribution in [2.24, 2.45) is 0 Å². The minimum absolute atomic E-state index is 0.154. The summed E-state index contributed by atoms with van der Waals surface area (Å²) in [6, 6.07) is 13.3. The van der Waals surface area contributed by atoms with E-state index in [-0.39, 0.29) is 10.5 Å². The van der Waals surface area contributed by atoms with Crippen molar-refractivity contribution in [3.63, 3.8) is 0 Å². The van der Waals surface area contributed by atoms with Gasteiger partial charge in [-0.3, -0.25) is 4.79 Å². The standard InChI is InChI=1S/C25H31N3O5S/c29-24(26-21-9-11-22(12-10-21)27-15-5-6-16-27)19-33-25(30)20-7-13-23(14-8-20)34(31,32)28-17-3-1-2-4-18-28/h7-14H,1-6,15-19H2,(H,26,29). The number of sulfonamides is 1. The van der Waals surface area contributed by atoms with Crippen LogP contribution in [0.1, 0.15) is 48.9 Å². The molecule has 2 aliphatic rings. The number of ether oxygens (including phenoxy) is 1. The molecule has 0 bridgehead atoms. The number of carbonyl (C=O) groups is 2. The number of amides is 1. The molecule has 0 radical (unpaired) electrons. The van der Waals surface area contributed by atoms with Crippen LogP contribution in [-0.4, -0.2) is 57.4 Å². The molecule has 1 N–H and O–H groups in total. The molecule has 8 nitrogen and oxygen atoms in total. The minimum atomic E-state index is -3.58. The topological polar surface area (TPSA) is 96.0 Å². The fourth-order valence-corrected chi connectivity index (χ4v) is 5.85. The number of hydrogen-bond donors (Lipinski definition) is 1. The summed E-state index contributed by atoms with van der Waals surface area (Å²) < 4.78 is 32.3. The van der Waals surface area contributed by atoms with Crippen LogP contribution in [0, 0.1) is 0 Å². The van der Waals surface area contributed by atoms with E-state index in [0.717, 1.165) is 44.5 Å². The van der Waals surface area contributed by atoms with E-state index in [9.17, 15) is 18.0 Å². The van der Waals surface area contributed by atoms with E-state index in [1.54, 1.807) is 0 Å². The van der Waals surface area contributed by atoms with Gasteiger partial charge in [0.25, 0.3) is 5.91 Å². The van der Waals surface area contributed by atoms with E-state index in [2.05, 4.69) is 10.2 Å². The molecule has 0 spiro atoms. The quantitative estimate of drug-likeness (QED) is 0.602. The number of hydrogen-bond acceptors (Lipinski definition) is 6. The van der Waals surface area contributed by atoms with E-state index >= 15 is 0 Å². The van der Waals surface area contributed by atoms with E-state index in [0.29, 0.717) is 18.8 Å². The first-order valence-corrected chi connectivity index (χ1v) is 13.3. The number of benzene rings is 2. The average molecular weight is 486 g/mol. The van der Waals surface area contributed by atoms with Crippen LogP contribution >= 0.6 is 0 Å². The Kier molecular flexibility index (Phi) is 7.84. The Morgan fingerprint density at radius 3 is 2.00 bits per heavy atom. The first-order valence-electron chi connectivity index (χ1n) is 11.9. The van der Waals surface area contributed by atoms with Gasteiger partial charge >= 0.3 is 5.97 Å². The van der Waals surface area contributed by atoms with Crippen molar-refractivity contribution in [3.05, 3.63) is 54.1 Å². The second-order valence-corrected chi connectivity index (χ2v) is 10.6. The normalized spacial score (nSPS) is 17.2. The zero-order chi connectivity index (χ0) is 24.0. The summed E-state index contributed by atoms with van der Waals surface area (Å²) >= 11 is 0. The van der Waals surface area contributed by atoms with E-state index in [4.69, 9.17) is 4.74 Å². The van der Waals surface area contributed by atoms with Crippen molar-refractivity contribution >= 4 is 33.3 Å². The zero-order valence-electron chi connectivity index (χ0n) is 19.2. The van der Waals surface area contributed by atoms with Crippen LogP contribution in [0.5, 0.6) is 0 Å². The highest BCUT2D eigenvalue weighted by Gasteiger charge is 2.25. The van der Waals surface area contributed by atoms with E-state index < -0.39 is 28.5 Å². The molecule has 2 aromatic rings. The summed E-state index contributed by atoms with van der Waals surface area (Å²) in [5.74, 6) is -1.12. The molecule has 182 valence electrons. The maximum absolute atomic E-state index is 12.9. The summed E-state index contributed by atoms with van der Waals surface area (Å²) in [7, 11) is -3.58. The summed E-state index contributed by atoms with van der Waals surface area (Å²) in [4.78, 5) is 27.0. The molecular formula is C25H31N3O5S. The molecular weight excluding hydrogens is 454 g/mol. The van der Waals surface area contributed by atoms with Crippen LogP contribution in [0.15, 0.2) is 53.4 Å². The van der Waals surface area contributed by atoms with Gasteiger partial charge < -0.3 is 15.0 Å². The third kappa shape index (κ3) is 5.95. The van der Waals surface area contributed by atoms with Gasteiger partial charge in [0.2, 0.25) is 10.0 Å². The lowest BCUT2D eigenvalue weighted by Crippen LogP contribution is -2.31. The van der Waals surface area contributed by atoms with Gasteiger partial charge in [0.05, 0.1) is 10.5 Å². The highest BCUT2D eigenvalue weighted by atomic mass is 32.2. The molecule has 34 heavy (non-hydrogen) atoms. The fraction of sp³-hybridized carbons (Fsp3) is 0.440. The summed E-state index contributed by atoms with van der Waals surface area (Å²) in [5, 5.41) is 2.72. The Balaban J connectivity index is 1.28. The van der Waals surface area contributed by atoms with Gasteiger partial charge in [-0.25, -0.2) is 13.2 Å². The molecule has 2 heterocycles. The van der Waals surface area contributed by atoms with Crippen molar-refractivity contribution in [2.45, 2.75) is 43.4 Å². The largest absolute Gasteiger partial charge is 0.452 e. The van der Waals surface area contributed by atoms with Crippen LogP contribution in [0.4, 0.5) is 11.4 Å². The number of esters is 1. The molecule has 0 atom stereocenters. The van der Waals surface area contributed by atoms with Gasteiger partial charge in [0, 0.05) is 37.6 Å². The summed E-state index contributed by atoms with van der Waals surface area (Å²) in [5.41, 5.74) is 1.95. The maximum atomic E-state index is 12.9. The Labute approximate surface area is 200 Å². The summed E-state index contributed by atoms with van der Waals surface area (Å²) in [6.07, 6.45) is 6.17. The average Bonchev–Trinajstić information content (AvgIpc) is 3.24. The van der Waals surface area contributed by atoms with Crippen LogP contribution in [0.25, 0.3) is 0 Å². The molecule has 9 heteroatoms. The second-order valence-electron chi connectivity index (χ2n) is 8.71. The van der Waals surface area contributed by atoms with Crippen LogP contribution in [0.2, 0.25) is 0 Å². The Morgan fingerprint density at radius 2 is 1.38 bits per heavy atom. The van der Waals surface area contributed by atoms with Crippen LogP contribution in [-0.2, 0) is 19.6 Å². The van der Waals surface area contributed by atoms with Gasteiger partial charge in [0.1, 0.15) is 0 Å². The number of nitrogens with one attached hydrogen (secondary N) is 1. The third-order valence-electron chi connectivity index (χ3n) is 6.25. The van der Waals surface area contributed by atoms with Gasteiger partial charge in [-0.05, 0) is 74.2 Å². The molecule has 2 aromatic carbocycles. The van der Waals surface area contributed by atoms with Crippen molar-refractivity contribution in [1.82, 2.24) is 4.31 Å².